The maximum Gasteiger partial charge on any atom is 0.330 e. The lowest BCUT2D eigenvalue weighted by Crippen LogP contribution is -2.10. The first-order valence-corrected chi connectivity index (χ1v) is 7.89. The van der Waals surface area contributed by atoms with E-state index in [1.54, 1.807) is 19.1 Å². The Morgan fingerprint density at radius 3 is 2.91 bits per heavy atom. The minimum atomic E-state index is -0.358. The fraction of sp³-hybridized carbons (Fsp3) is 0.471. The van der Waals surface area contributed by atoms with E-state index < -0.39 is 0 Å². The van der Waals surface area contributed by atoms with Crippen LogP contribution in [0.15, 0.2) is 24.3 Å². The van der Waals surface area contributed by atoms with Gasteiger partial charge in [0.25, 0.3) is 0 Å². The lowest BCUT2D eigenvalue weighted by molar-refractivity contribution is -0.137. The molecule has 0 saturated carbocycles. The van der Waals surface area contributed by atoms with Crippen LogP contribution < -0.4 is 0 Å². The molecule has 1 aliphatic heterocycles. The number of epoxide rings is 1. The van der Waals surface area contributed by atoms with Crippen LogP contribution >= 0.6 is 11.6 Å². The SMILES string of the molecule is CCOC(=O)/C=C/c1ccc(Cl)cc1[C@@H](CC)OC[C@H]1CO1. The third-order valence-corrected chi connectivity index (χ3v) is 3.57. The summed E-state index contributed by atoms with van der Waals surface area (Å²) in [4.78, 5) is 11.5. The predicted molar refractivity (Wildman–Crippen MR) is 85.8 cm³/mol. The number of benzene rings is 1. The Kier molecular flexibility index (Phi) is 6.43. The number of rotatable bonds is 8. The van der Waals surface area contributed by atoms with Gasteiger partial charge in [-0.2, -0.15) is 0 Å². The molecule has 0 amide bonds. The molecule has 4 nitrogen and oxygen atoms in total. The molecule has 5 heteroatoms. The van der Waals surface area contributed by atoms with E-state index in [4.69, 9.17) is 25.8 Å². The van der Waals surface area contributed by atoms with E-state index in [9.17, 15) is 4.79 Å². The van der Waals surface area contributed by atoms with Crippen molar-refractivity contribution in [3.8, 4) is 0 Å². The molecule has 0 spiro atoms. The molecule has 0 bridgehead atoms. The molecule has 1 aromatic rings. The lowest BCUT2D eigenvalue weighted by Gasteiger charge is -2.18. The topological polar surface area (TPSA) is 48.1 Å². The number of carbonyl (C=O) groups is 1. The number of hydrogen-bond acceptors (Lipinski definition) is 4. The van der Waals surface area contributed by atoms with E-state index in [0.29, 0.717) is 18.2 Å². The molecule has 1 aromatic carbocycles. The average Bonchev–Trinajstić information content (AvgIpc) is 3.31. The molecule has 1 heterocycles. The summed E-state index contributed by atoms with van der Waals surface area (Å²) in [5.41, 5.74) is 1.87. The maximum atomic E-state index is 11.5. The molecule has 2 rings (SSSR count). The largest absolute Gasteiger partial charge is 0.463 e. The molecule has 1 fully saturated rings. The van der Waals surface area contributed by atoms with Gasteiger partial charge in [0.15, 0.2) is 0 Å². The van der Waals surface area contributed by atoms with Gasteiger partial charge in [-0.15, -0.1) is 0 Å². The smallest absolute Gasteiger partial charge is 0.330 e. The zero-order chi connectivity index (χ0) is 15.9. The second-order valence-electron chi connectivity index (χ2n) is 5.04. The summed E-state index contributed by atoms with van der Waals surface area (Å²) in [6, 6.07) is 5.56. The van der Waals surface area contributed by atoms with Crippen molar-refractivity contribution in [1.82, 2.24) is 0 Å². The Morgan fingerprint density at radius 2 is 2.27 bits per heavy atom. The van der Waals surface area contributed by atoms with Gasteiger partial charge in [0, 0.05) is 11.1 Å². The summed E-state index contributed by atoms with van der Waals surface area (Å²) in [5, 5.41) is 0.646. The number of carbonyl (C=O) groups excluding carboxylic acids is 1. The van der Waals surface area contributed by atoms with Crippen molar-refractivity contribution in [3.05, 3.63) is 40.4 Å². The van der Waals surface area contributed by atoms with Gasteiger partial charge in [-0.1, -0.05) is 24.6 Å². The highest BCUT2D eigenvalue weighted by Crippen LogP contribution is 2.29. The maximum absolute atomic E-state index is 11.5. The Labute approximate surface area is 136 Å². The van der Waals surface area contributed by atoms with Gasteiger partial charge in [-0.3, -0.25) is 0 Å². The fourth-order valence-electron chi connectivity index (χ4n) is 2.14. The minimum Gasteiger partial charge on any atom is -0.463 e. The van der Waals surface area contributed by atoms with Crippen molar-refractivity contribution in [3.63, 3.8) is 0 Å². The van der Waals surface area contributed by atoms with E-state index >= 15 is 0 Å². The third kappa shape index (κ3) is 5.13. The molecule has 0 unspecified atom stereocenters. The molecule has 1 saturated heterocycles. The Morgan fingerprint density at radius 1 is 1.50 bits per heavy atom. The molecule has 0 N–H and O–H groups in total. The van der Waals surface area contributed by atoms with Gasteiger partial charge >= 0.3 is 5.97 Å². The van der Waals surface area contributed by atoms with Gasteiger partial charge in [0.1, 0.15) is 6.10 Å². The van der Waals surface area contributed by atoms with E-state index in [-0.39, 0.29) is 18.2 Å². The normalized spacial score (nSPS) is 18.4. The average molecular weight is 325 g/mol. The predicted octanol–water partition coefficient (Wildman–Crippen LogP) is 3.78. The Balaban J connectivity index is 2.15. The van der Waals surface area contributed by atoms with Gasteiger partial charge in [-0.05, 0) is 42.7 Å². The van der Waals surface area contributed by atoms with Crippen LogP contribution in [-0.2, 0) is 19.0 Å². The number of hydrogen-bond donors (Lipinski definition) is 0. The summed E-state index contributed by atoms with van der Waals surface area (Å²) >= 11 is 6.11. The standard InChI is InChI=1S/C17H21ClO4/c1-3-16(22-11-14-10-21-14)15-9-13(18)7-5-12(15)6-8-17(19)20-4-2/h5-9,14,16H,3-4,10-11H2,1-2H3/b8-6+/t14-,16-/m1/s1. The van der Waals surface area contributed by atoms with Crippen LogP contribution in [0.5, 0.6) is 0 Å². The summed E-state index contributed by atoms with van der Waals surface area (Å²) in [6.45, 7) is 5.53. The monoisotopic (exact) mass is 324 g/mol. The summed E-state index contributed by atoms with van der Waals surface area (Å²) in [7, 11) is 0. The molecule has 0 aliphatic carbocycles. The highest BCUT2D eigenvalue weighted by molar-refractivity contribution is 6.30. The van der Waals surface area contributed by atoms with E-state index in [1.165, 1.54) is 6.08 Å². The van der Waals surface area contributed by atoms with Crippen molar-refractivity contribution >= 4 is 23.6 Å². The van der Waals surface area contributed by atoms with Gasteiger partial charge in [-0.25, -0.2) is 4.79 Å². The first kappa shape index (κ1) is 17.0. The van der Waals surface area contributed by atoms with Gasteiger partial charge < -0.3 is 14.2 Å². The van der Waals surface area contributed by atoms with Crippen LogP contribution in [0.4, 0.5) is 0 Å². The number of halogens is 1. The number of ether oxygens (including phenoxy) is 3. The van der Waals surface area contributed by atoms with E-state index in [2.05, 4.69) is 6.92 Å². The first-order chi connectivity index (χ1) is 10.6. The fourth-order valence-corrected chi connectivity index (χ4v) is 2.32. The molecule has 1 aliphatic rings. The Hall–Kier alpha value is -1.36. The highest BCUT2D eigenvalue weighted by Gasteiger charge is 2.25. The van der Waals surface area contributed by atoms with Crippen LogP contribution in [0.3, 0.4) is 0 Å². The quantitative estimate of drug-likeness (QED) is 0.415. The minimum absolute atomic E-state index is 0.0789. The zero-order valence-corrected chi connectivity index (χ0v) is 13.6. The van der Waals surface area contributed by atoms with Crippen LogP contribution in [0.25, 0.3) is 6.08 Å². The molecular formula is C17H21ClO4. The van der Waals surface area contributed by atoms with Crippen LogP contribution in [0.2, 0.25) is 5.02 Å². The molecule has 22 heavy (non-hydrogen) atoms. The molecular weight excluding hydrogens is 304 g/mol. The van der Waals surface area contributed by atoms with Crippen molar-refractivity contribution in [1.29, 1.82) is 0 Å². The summed E-state index contributed by atoms with van der Waals surface area (Å²) in [5.74, 6) is -0.358. The molecule has 120 valence electrons. The molecule has 2 atom stereocenters. The van der Waals surface area contributed by atoms with Gasteiger partial charge in [0.2, 0.25) is 0 Å². The Bertz CT molecular complexity index is 537. The van der Waals surface area contributed by atoms with Crippen LogP contribution in [0.1, 0.15) is 37.5 Å². The van der Waals surface area contributed by atoms with Gasteiger partial charge in [0.05, 0.1) is 25.9 Å². The van der Waals surface area contributed by atoms with E-state index in [0.717, 1.165) is 24.2 Å². The van der Waals surface area contributed by atoms with Crippen LogP contribution in [-0.4, -0.2) is 31.9 Å². The highest BCUT2D eigenvalue weighted by atomic mass is 35.5. The number of esters is 1. The lowest BCUT2D eigenvalue weighted by atomic mass is 10.00. The first-order valence-electron chi connectivity index (χ1n) is 7.51. The van der Waals surface area contributed by atoms with Crippen LogP contribution in [0, 0.1) is 0 Å². The van der Waals surface area contributed by atoms with Crippen molar-refractivity contribution in [2.24, 2.45) is 0 Å². The summed E-state index contributed by atoms with van der Waals surface area (Å²) in [6.07, 6.45) is 4.11. The zero-order valence-electron chi connectivity index (χ0n) is 12.9. The second kappa shape index (κ2) is 8.32. The van der Waals surface area contributed by atoms with E-state index in [1.807, 2.05) is 12.1 Å². The summed E-state index contributed by atoms with van der Waals surface area (Å²) < 4.78 is 16.0. The van der Waals surface area contributed by atoms with Crippen molar-refractivity contribution in [2.45, 2.75) is 32.5 Å². The second-order valence-corrected chi connectivity index (χ2v) is 5.48. The molecule has 0 radical (unpaired) electrons. The third-order valence-electron chi connectivity index (χ3n) is 3.34. The molecule has 0 aromatic heterocycles. The van der Waals surface area contributed by atoms with Crippen molar-refractivity contribution < 1.29 is 19.0 Å². The van der Waals surface area contributed by atoms with Crippen molar-refractivity contribution in [2.75, 3.05) is 19.8 Å².